The van der Waals surface area contributed by atoms with E-state index in [0.29, 0.717) is 24.7 Å². The molecule has 2 saturated heterocycles. The van der Waals surface area contributed by atoms with Gasteiger partial charge in [0, 0.05) is 24.2 Å². The van der Waals surface area contributed by atoms with E-state index < -0.39 is 24.3 Å². The molecule has 4 heterocycles. The van der Waals surface area contributed by atoms with Gasteiger partial charge in [-0.05, 0) is 75.9 Å². The summed E-state index contributed by atoms with van der Waals surface area (Å²) in [5, 5.41) is 13.8. The van der Waals surface area contributed by atoms with E-state index in [1.165, 1.54) is 7.11 Å². The number of rotatable bonds is 6. The molecule has 2 aromatic heterocycles. The molecule has 14 nitrogen and oxygen atoms in total. The number of carboxylic acid groups (broad SMARTS) is 1. The number of carbonyl (C=O) groups is 4. The third-order valence-electron chi connectivity index (χ3n) is 8.66. The largest absolute Gasteiger partial charge is 0.465 e. The molecule has 0 bridgehead atoms. The molecule has 0 unspecified atom stereocenters. The van der Waals surface area contributed by atoms with Crippen LogP contribution in [0.2, 0.25) is 0 Å². The monoisotopic (exact) mass is 640 g/mol. The highest BCUT2D eigenvalue weighted by Crippen LogP contribution is 2.33. The Labute approximate surface area is 270 Å². The summed E-state index contributed by atoms with van der Waals surface area (Å²) in [4.78, 5) is 68.3. The Balaban J connectivity index is 1.17. The number of amides is 4. The van der Waals surface area contributed by atoms with E-state index in [1.807, 2.05) is 36.4 Å². The molecule has 2 fully saturated rings. The molecule has 0 saturated carbocycles. The molecular formula is C33H36N8O6. The minimum atomic E-state index is -1.24. The van der Waals surface area contributed by atoms with Crippen molar-refractivity contribution in [1.29, 1.82) is 0 Å². The summed E-state index contributed by atoms with van der Waals surface area (Å²) in [6.45, 7) is 4.29. The van der Waals surface area contributed by atoms with Crippen LogP contribution in [-0.2, 0) is 14.3 Å². The number of fused-ring (bicyclic) bond motifs is 2. The van der Waals surface area contributed by atoms with Gasteiger partial charge in [-0.3, -0.25) is 9.59 Å². The van der Waals surface area contributed by atoms with E-state index in [1.54, 1.807) is 23.6 Å². The molecule has 4 aromatic rings. The summed E-state index contributed by atoms with van der Waals surface area (Å²) in [6, 6.07) is 9.38. The Morgan fingerprint density at radius 1 is 0.830 bits per heavy atom. The molecule has 6 rings (SSSR count). The number of imidazole rings is 2. The van der Waals surface area contributed by atoms with Crippen LogP contribution in [0.1, 0.15) is 74.4 Å². The van der Waals surface area contributed by atoms with Gasteiger partial charge in [0.1, 0.15) is 23.7 Å². The topological polar surface area (TPSA) is 186 Å². The van der Waals surface area contributed by atoms with E-state index >= 15 is 0 Å². The van der Waals surface area contributed by atoms with Crippen LogP contribution < -0.4 is 10.6 Å². The highest BCUT2D eigenvalue weighted by molar-refractivity contribution is 5.87. The van der Waals surface area contributed by atoms with E-state index in [4.69, 9.17) is 15.1 Å². The Morgan fingerprint density at radius 3 is 1.74 bits per heavy atom. The number of likely N-dealkylation sites (tertiary alicyclic amines) is 2. The van der Waals surface area contributed by atoms with Gasteiger partial charge in [-0.25, -0.2) is 19.6 Å². The molecule has 5 N–H and O–H groups in total. The summed E-state index contributed by atoms with van der Waals surface area (Å²) in [6.07, 6.45) is 1.24. The first-order valence-corrected chi connectivity index (χ1v) is 15.6. The van der Waals surface area contributed by atoms with Crippen molar-refractivity contribution in [2.45, 2.75) is 63.7 Å². The predicted molar refractivity (Wildman–Crippen MR) is 171 cm³/mol. The highest BCUT2D eigenvalue weighted by atomic mass is 16.5. The first kappa shape index (κ1) is 31.4. The van der Waals surface area contributed by atoms with Crippen molar-refractivity contribution >= 4 is 46.1 Å². The first-order valence-electron chi connectivity index (χ1n) is 15.6. The fourth-order valence-electron chi connectivity index (χ4n) is 6.34. The quantitative estimate of drug-likeness (QED) is 0.198. The fourth-order valence-corrected chi connectivity index (χ4v) is 6.34. The number of H-pyrrole nitrogens is 2. The number of hydrogen-bond donors (Lipinski definition) is 5. The van der Waals surface area contributed by atoms with Crippen molar-refractivity contribution < 1.29 is 29.0 Å². The Morgan fingerprint density at radius 2 is 1.30 bits per heavy atom. The summed E-state index contributed by atoms with van der Waals surface area (Å²) < 4.78 is 4.63. The lowest BCUT2D eigenvalue weighted by Crippen LogP contribution is -2.46. The van der Waals surface area contributed by atoms with Crippen LogP contribution in [-0.4, -0.2) is 91.1 Å². The number of benzene rings is 2. The Kier molecular flexibility index (Phi) is 8.71. The number of aromatic nitrogens is 4. The van der Waals surface area contributed by atoms with Gasteiger partial charge in [0.2, 0.25) is 11.8 Å². The van der Waals surface area contributed by atoms with Crippen LogP contribution in [0.25, 0.3) is 22.1 Å². The summed E-state index contributed by atoms with van der Waals surface area (Å²) in [5.74, 6) is 7.30. The second-order valence-electron chi connectivity index (χ2n) is 11.9. The number of carbonyl (C=O) groups excluding carboxylic acids is 3. The van der Waals surface area contributed by atoms with Crippen molar-refractivity contribution in [3.05, 3.63) is 59.2 Å². The van der Waals surface area contributed by atoms with Crippen molar-refractivity contribution in [3.8, 4) is 11.8 Å². The number of ether oxygens (including phenoxy) is 1. The van der Waals surface area contributed by atoms with Gasteiger partial charge < -0.3 is 40.2 Å². The molecule has 2 aliphatic heterocycles. The van der Waals surface area contributed by atoms with Crippen LogP contribution in [0.4, 0.5) is 9.59 Å². The lowest BCUT2D eigenvalue weighted by molar-refractivity contribution is -0.134. The lowest BCUT2D eigenvalue weighted by Gasteiger charge is -2.26. The maximum atomic E-state index is 13.1. The Bertz CT molecular complexity index is 1920. The maximum absolute atomic E-state index is 13.1. The molecule has 2 aromatic carbocycles. The van der Waals surface area contributed by atoms with Crippen molar-refractivity contribution in [2.24, 2.45) is 0 Å². The molecule has 2 aliphatic rings. The zero-order valence-corrected chi connectivity index (χ0v) is 26.3. The zero-order valence-electron chi connectivity index (χ0n) is 26.3. The van der Waals surface area contributed by atoms with Gasteiger partial charge in [0.15, 0.2) is 0 Å². The number of hydrogen-bond acceptors (Lipinski definition) is 7. The third-order valence-corrected chi connectivity index (χ3v) is 8.66. The van der Waals surface area contributed by atoms with Crippen LogP contribution >= 0.6 is 0 Å². The van der Waals surface area contributed by atoms with Gasteiger partial charge in [-0.1, -0.05) is 11.8 Å². The first-order chi connectivity index (χ1) is 22.6. The molecule has 14 heteroatoms. The normalized spacial score (nSPS) is 18.9. The molecule has 244 valence electrons. The molecule has 0 spiro atoms. The van der Waals surface area contributed by atoms with Gasteiger partial charge in [-0.2, -0.15) is 0 Å². The van der Waals surface area contributed by atoms with Gasteiger partial charge in [0.25, 0.3) is 0 Å². The van der Waals surface area contributed by atoms with E-state index in [9.17, 15) is 19.2 Å². The highest BCUT2D eigenvalue weighted by Gasteiger charge is 2.36. The van der Waals surface area contributed by atoms with Crippen LogP contribution in [0.15, 0.2) is 36.4 Å². The van der Waals surface area contributed by atoms with E-state index in [2.05, 4.69) is 37.2 Å². The second-order valence-corrected chi connectivity index (χ2v) is 11.9. The van der Waals surface area contributed by atoms with Crippen molar-refractivity contribution in [1.82, 2.24) is 40.4 Å². The molecule has 0 aliphatic carbocycles. The lowest BCUT2D eigenvalue weighted by atomic mass is 10.1. The summed E-state index contributed by atoms with van der Waals surface area (Å²) in [5.41, 5.74) is 4.67. The fraction of sp³-hybridized carbons (Fsp3) is 0.394. The van der Waals surface area contributed by atoms with Gasteiger partial charge in [0.05, 0.1) is 41.3 Å². The number of methoxy groups -OCH3 is 1. The zero-order chi connectivity index (χ0) is 33.2. The van der Waals surface area contributed by atoms with Crippen LogP contribution in [0.5, 0.6) is 0 Å². The van der Waals surface area contributed by atoms with Gasteiger partial charge in [-0.15, -0.1) is 0 Å². The van der Waals surface area contributed by atoms with E-state index in [-0.39, 0.29) is 23.9 Å². The molecular weight excluding hydrogens is 604 g/mol. The third kappa shape index (κ3) is 6.55. The standard InChI is InChI=1S/C33H36N8O6/c1-18(34-32(44)45)30(42)40-14-4-6-26(40)28-36-22-12-10-20(16-24(22)38-28)8-9-21-11-13-23-25(17-21)39-29(37-23)27-7-5-15-41(27)31(43)19(2)35-33(46)47-3/h10-13,16-19,26-27,34H,4-7,14-15H2,1-3H3,(H,35,46)(H,36,38)(H,37,39)(H,44,45)/t18-,19-,26-,27-/m0/s1. The SMILES string of the molecule is COC(=O)N[C@@H](C)C(=O)N1CCC[C@H]1c1nc2cc(C#Cc3ccc4[nH]c([C@@H]5CCCN5C(=O)[C@H](C)NC(=O)O)nc4c3)ccc2[nH]1. The smallest absolute Gasteiger partial charge is 0.407 e. The van der Waals surface area contributed by atoms with Crippen molar-refractivity contribution in [3.63, 3.8) is 0 Å². The molecule has 0 radical (unpaired) electrons. The number of alkyl carbamates (subject to hydrolysis) is 1. The average molecular weight is 641 g/mol. The van der Waals surface area contributed by atoms with Gasteiger partial charge >= 0.3 is 12.2 Å². The van der Waals surface area contributed by atoms with E-state index in [0.717, 1.165) is 58.9 Å². The van der Waals surface area contributed by atoms with Crippen molar-refractivity contribution in [2.75, 3.05) is 20.2 Å². The minimum Gasteiger partial charge on any atom is -0.465 e. The summed E-state index contributed by atoms with van der Waals surface area (Å²) in [7, 11) is 1.26. The second kappa shape index (κ2) is 13.0. The molecule has 47 heavy (non-hydrogen) atoms. The van der Waals surface area contributed by atoms with Crippen LogP contribution in [0, 0.1) is 11.8 Å². The number of nitrogens with zero attached hydrogens (tertiary/aromatic N) is 4. The minimum absolute atomic E-state index is 0.192. The summed E-state index contributed by atoms with van der Waals surface area (Å²) >= 11 is 0. The predicted octanol–water partition coefficient (Wildman–Crippen LogP) is 3.57. The number of aromatic amines is 2. The van der Waals surface area contributed by atoms with Crippen LogP contribution in [0.3, 0.4) is 0 Å². The maximum Gasteiger partial charge on any atom is 0.407 e. The number of nitrogens with one attached hydrogen (secondary N) is 4. The molecule has 4 atom stereocenters. The average Bonchev–Trinajstić information content (AvgIpc) is 3.86. The molecule has 4 amide bonds. The Hall–Kier alpha value is -5.58.